The Balaban J connectivity index is 2.33. The lowest BCUT2D eigenvalue weighted by Crippen LogP contribution is -2.03. The van der Waals surface area contributed by atoms with Gasteiger partial charge in [0.05, 0.1) is 5.44 Å². The van der Waals surface area contributed by atoms with Gasteiger partial charge < -0.3 is 5.11 Å². The Labute approximate surface area is 68.7 Å². The first-order chi connectivity index (χ1) is 4.84. The number of aliphatic hydroxyl groups excluding tert-OH is 1. The molecule has 1 aliphatic rings. The van der Waals surface area contributed by atoms with E-state index in [9.17, 15) is 5.11 Å². The normalized spacial score (nSPS) is 22.0. The summed E-state index contributed by atoms with van der Waals surface area (Å²) in [4.78, 5) is 0. The first-order valence-electron chi connectivity index (χ1n) is 3.21. The van der Waals surface area contributed by atoms with Crippen LogP contribution < -0.4 is 0 Å². The van der Waals surface area contributed by atoms with Crippen LogP contribution in [0.2, 0.25) is 0 Å². The highest BCUT2D eigenvalue weighted by atomic mass is 35.5. The predicted molar refractivity (Wildman–Crippen MR) is 48.6 cm³/mol. The van der Waals surface area contributed by atoms with Crippen LogP contribution in [0, 0.1) is 0 Å². The van der Waals surface area contributed by atoms with E-state index >= 15 is 0 Å². The molecule has 0 saturated heterocycles. The summed E-state index contributed by atoms with van der Waals surface area (Å²) in [7, 11) is -0.402. The molecule has 0 spiro atoms. The highest BCUT2D eigenvalue weighted by molar-refractivity contribution is 8.22. The molecule has 0 amide bonds. The number of aliphatic hydroxyl groups is 1. The first-order valence-corrected chi connectivity index (χ1v) is 5.29. The molecule has 1 rings (SSSR count). The van der Waals surface area contributed by atoms with Crippen LogP contribution in [0.1, 0.15) is 6.42 Å². The molecule has 1 aliphatic heterocycles. The molecule has 0 aromatic rings. The van der Waals surface area contributed by atoms with Crippen LogP contribution in [0.5, 0.6) is 0 Å². The Hall–Kier alpha value is 0.0800. The Morgan fingerprint density at radius 2 is 2.00 bits per heavy atom. The van der Waals surface area contributed by atoms with E-state index in [0.29, 0.717) is 12.3 Å². The largest absolute Gasteiger partial charge is 0.384 e. The zero-order chi connectivity index (χ0) is 7.40. The molecule has 1 heterocycles. The standard InChI is InChI=1S/C7H11ClOS/c8-4-3-7(9)10-5-1-2-6-10/h1-2,5-7,9-10H,3-4H2. The van der Waals surface area contributed by atoms with Crippen LogP contribution in [-0.4, -0.2) is 16.4 Å². The van der Waals surface area contributed by atoms with E-state index in [2.05, 4.69) is 0 Å². The van der Waals surface area contributed by atoms with Gasteiger partial charge in [-0.3, -0.25) is 0 Å². The second-order valence-corrected chi connectivity index (χ2v) is 4.55. The monoisotopic (exact) mass is 178 g/mol. The SMILES string of the molecule is OC(CCCl)[SH]1C=CC=C1. The van der Waals surface area contributed by atoms with Crippen LogP contribution in [0.25, 0.3) is 0 Å². The van der Waals surface area contributed by atoms with Crippen molar-refractivity contribution < 1.29 is 5.11 Å². The summed E-state index contributed by atoms with van der Waals surface area (Å²) in [6.07, 6.45) is 4.65. The quantitative estimate of drug-likeness (QED) is 0.500. The van der Waals surface area contributed by atoms with Crippen molar-refractivity contribution in [2.24, 2.45) is 0 Å². The van der Waals surface area contributed by atoms with Crippen molar-refractivity contribution in [3.63, 3.8) is 0 Å². The van der Waals surface area contributed by atoms with E-state index in [1.54, 1.807) is 0 Å². The highest BCUT2D eigenvalue weighted by Gasteiger charge is 2.09. The van der Waals surface area contributed by atoms with Gasteiger partial charge in [-0.25, -0.2) is 0 Å². The van der Waals surface area contributed by atoms with Crippen molar-refractivity contribution in [2.75, 3.05) is 5.88 Å². The Kier molecular flexibility index (Phi) is 3.32. The number of hydrogen-bond acceptors (Lipinski definition) is 1. The zero-order valence-electron chi connectivity index (χ0n) is 5.57. The summed E-state index contributed by atoms with van der Waals surface area (Å²) >= 11 is 5.48. The molecular weight excluding hydrogens is 168 g/mol. The van der Waals surface area contributed by atoms with Gasteiger partial charge in [0.2, 0.25) is 0 Å². The number of rotatable bonds is 3. The van der Waals surface area contributed by atoms with Gasteiger partial charge in [-0.15, -0.1) is 11.6 Å². The molecule has 58 valence electrons. The van der Waals surface area contributed by atoms with Crippen LogP contribution in [0.3, 0.4) is 0 Å². The molecule has 0 radical (unpaired) electrons. The number of alkyl halides is 1. The lowest BCUT2D eigenvalue weighted by atomic mass is 10.5. The molecule has 1 N–H and O–H groups in total. The molecule has 1 nitrogen and oxygen atoms in total. The number of allylic oxidation sites excluding steroid dienone is 2. The summed E-state index contributed by atoms with van der Waals surface area (Å²) in [5, 5.41) is 13.5. The number of thiol groups is 1. The van der Waals surface area contributed by atoms with E-state index in [1.165, 1.54) is 0 Å². The molecule has 10 heavy (non-hydrogen) atoms. The van der Waals surface area contributed by atoms with Crippen LogP contribution in [-0.2, 0) is 0 Å². The Bertz CT molecular complexity index is 144. The lowest BCUT2D eigenvalue weighted by Gasteiger charge is -2.16. The smallest absolute Gasteiger partial charge is 0.0894 e. The average molecular weight is 179 g/mol. The highest BCUT2D eigenvalue weighted by Crippen LogP contribution is 2.38. The minimum atomic E-state index is -0.402. The number of halogens is 1. The van der Waals surface area contributed by atoms with Gasteiger partial charge >= 0.3 is 0 Å². The maximum Gasteiger partial charge on any atom is 0.0894 e. The fraction of sp³-hybridized carbons (Fsp3) is 0.429. The maximum absolute atomic E-state index is 9.39. The molecule has 0 bridgehead atoms. The summed E-state index contributed by atoms with van der Waals surface area (Å²) in [5.41, 5.74) is -0.234. The Morgan fingerprint density at radius 1 is 1.40 bits per heavy atom. The first kappa shape index (κ1) is 8.18. The molecule has 0 saturated carbocycles. The minimum Gasteiger partial charge on any atom is -0.384 e. The van der Waals surface area contributed by atoms with Gasteiger partial charge in [0, 0.05) is 5.88 Å². The van der Waals surface area contributed by atoms with Crippen LogP contribution >= 0.6 is 22.5 Å². The molecule has 0 aromatic heterocycles. The van der Waals surface area contributed by atoms with Crippen molar-refractivity contribution in [2.45, 2.75) is 11.9 Å². The molecule has 0 fully saturated rings. The molecule has 0 aromatic carbocycles. The summed E-state index contributed by atoms with van der Waals surface area (Å²) in [6, 6.07) is 0. The molecular formula is C7H11ClOS. The topological polar surface area (TPSA) is 20.2 Å². The summed E-state index contributed by atoms with van der Waals surface area (Å²) in [5.74, 6) is 0.543. The lowest BCUT2D eigenvalue weighted by molar-refractivity contribution is 0.260. The van der Waals surface area contributed by atoms with Gasteiger partial charge in [0.25, 0.3) is 0 Å². The second-order valence-electron chi connectivity index (χ2n) is 2.09. The van der Waals surface area contributed by atoms with Crippen LogP contribution in [0.4, 0.5) is 0 Å². The third-order valence-corrected chi connectivity index (χ3v) is 3.54. The van der Waals surface area contributed by atoms with Gasteiger partial charge in [0.1, 0.15) is 0 Å². The van der Waals surface area contributed by atoms with E-state index in [0.717, 1.165) is 0 Å². The van der Waals surface area contributed by atoms with Crippen molar-refractivity contribution in [3.05, 3.63) is 23.0 Å². The average Bonchev–Trinajstić information content (AvgIpc) is 2.38. The van der Waals surface area contributed by atoms with E-state index < -0.39 is 10.9 Å². The summed E-state index contributed by atoms with van der Waals surface area (Å²) < 4.78 is 0. The van der Waals surface area contributed by atoms with Gasteiger partial charge in [0.15, 0.2) is 0 Å². The molecule has 3 heteroatoms. The van der Waals surface area contributed by atoms with E-state index in [1.807, 2.05) is 23.0 Å². The van der Waals surface area contributed by atoms with Crippen LogP contribution in [0.15, 0.2) is 23.0 Å². The van der Waals surface area contributed by atoms with Crippen molar-refractivity contribution in [1.29, 1.82) is 0 Å². The van der Waals surface area contributed by atoms with E-state index in [4.69, 9.17) is 11.6 Å². The molecule has 1 unspecified atom stereocenters. The van der Waals surface area contributed by atoms with Gasteiger partial charge in [-0.05, 0) is 17.2 Å². The minimum absolute atomic E-state index is 0.234. The van der Waals surface area contributed by atoms with Crippen molar-refractivity contribution in [3.8, 4) is 0 Å². The number of hydrogen-bond donors (Lipinski definition) is 2. The van der Waals surface area contributed by atoms with Crippen molar-refractivity contribution >= 4 is 22.5 Å². The fourth-order valence-corrected chi connectivity index (χ4v) is 2.67. The summed E-state index contributed by atoms with van der Waals surface area (Å²) in [6.45, 7) is 0. The molecule has 1 atom stereocenters. The van der Waals surface area contributed by atoms with E-state index in [-0.39, 0.29) is 5.44 Å². The third kappa shape index (κ3) is 2.04. The predicted octanol–water partition coefficient (Wildman–Crippen LogP) is 1.98. The molecule has 0 aliphatic carbocycles. The zero-order valence-corrected chi connectivity index (χ0v) is 7.22. The van der Waals surface area contributed by atoms with Gasteiger partial charge in [-0.2, -0.15) is 10.9 Å². The Morgan fingerprint density at radius 3 is 2.50 bits per heavy atom. The fourth-order valence-electron chi connectivity index (χ4n) is 0.793. The maximum atomic E-state index is 9.39. The third-order valence-electron chi connectivity index (χ3n) is 1.34. The van der Waals surface area contributed by atoms with Gasteiger partial charge in [-0.1, -0.05) is 12.2 Å². The van der Waals surface area contributed by atoms with Crippen molar-refractivity contribution in [1.82, 2.24) is 0 Å². The second kappa shape index (κ2) is 4.06.